The second kappa shape index (κ2) is 5.01. The highest BCUT2D eigenvalue weighted by Crippen LogP contribution is 2.35. The van der Waals surface area contributed by atoms with Crippen LogP contribution in [0.3, 0.4) is 0 Å². The molecule has 0 fully saturated rings. The van der Waals surface area contributed by atoms with Gasteiger partial charge in [-0.25, -0.2) is 0 Å². The van der Waals surface area contributed by atoms with E-state index in [4.69, 9.17) is 9.47 Å². The Hall–Kier alpha value is -1.51. The average Bonchev–Trinajstić information content (AvgIpc) is 2.29. The Morgan fingerprint density at radius 3 is 2.89 bits per heavy atom. The van der Waals surface area contributed by atoms with E-state index in [9.17, 15) is 4.79 Å². The molecule has 0 unspecified atom stereocenters. The fraction of sp³-hybridized carbons (Fsp3) is 0.533. The van der Waals surface area contributed by atoms with Crippen molar-refractivity contribution in [3.05, 3.63) is 23.8 Å². The van der Waals surface area contributed by atoms with Gasteiger partial charge in [0, 0.05) is 0 Å². The Morgan fingerprint density at radius 2 is 2.17 bits per heavy atom. The monoisotopic (exact) mass is 248 g/mol. The second-order valence-corrected chi connectivity index (χ2v) is 5.32. The molecular formula is C15H20O3. The number of unbranched alkanes of at least 4 members (excludes halogenated alkanes) is 1. The van der Waals surface area contributed by atoms with Crippen LogP contribution in [0, 0.1) is 0 Å². The Labute approximate surface area is 108 Å². The zero-order valence-electron chi connectivity index (χ0n) is 11.3. The number of hydrogen-bond donors (Lipinski definition) is 0. The normalized spacial score (nSPS) is 16.9. The maximum Gasteiger partial charge on any atom is 0.170 e. The van der Waals surface area contributed by atoms with Crippen LogP contribution in [0.25, 0.3) is 0 Å². The fourth-order valence-electron chi connectivity index (χ4n) is 2.06. The molecule has 2 rings (SSSR count). The van der Waals surface area contributed by atoms with Gasteiger partial charge in [0.1, 0.15) is 17.1 Å². The van der Waals surface area contributed by atoms with E-state index in [1.165, 1.54) is 0 Å². The highest BCUT2D eigenvalue weighted by Gasteiger charge is 2.32. The second-order valence-electron chi connectivity index (χ2n) is 5.32. The molecular weight excluding hydrogens is 228 g/mol. The Bertz CT molecular complexity index is 449. The Kier molecular flexibility index (Phi) is 3.60. The van der Waals surface area contributed by atoms with Crippen LogP contribution in [0.4, 0.5) is 0 Å². The standard InChI is InChI=1S/C15H20O3/c1-4-5-8-17-11-6-7-14-12(9-11)13(16)10-15(2,3)18-14/h6-7,9H,4-5,8,10H2,1-3H3. The number of rotatable bonds is 4. The van der Waals surface area contributed by atoms with Crippen molar-refractivity contribution in [2.24, 2.45) is 0 Å². The van der Waals surface area contributed by atoms with E-state index in [1.807, 2.05) is 26.0 Å². The van der Waals surface area contributed by atoms with E-state index in [-0.39, 0.29) is 5.78 Å². The summed E-state index contributed by atoms with van der Waals surface area (Å²) in [6.07, 6.45) is 2.54. The largest absolute Gasteiger partial charge is 0.494 e. The molecule has 0 aromatic heterocycles. The van der Waals surface area contributed by atoms with Crippen LogP contribution >= 0.6 is 0 Å². The molecule has 0 spiro atoms. The van der Waals surface area contributed by atoms with Crippen LogP contribution in [-0.4, -0.2) is 18.0 Å². The molecule has 0 bridgehead atoms. The third-order valence-corrected chi connectivity index (χ3v) is 2.99. The summed E-state index contributed by atoms with van der Waals surface area (Å²) in [6.45, 7) is 6.67. The van der Waals surface area contributed by atoms with E-state index >= 15 is 0 Å². The summed E-state index contributed by atoms with van der Waals surface area (Å²) in [5.74, 6) is 1.54. The highest BCUT2D eigenvalue weighted by molar-refractivity contribution is 6.00. The molecule has 1 aromatic rings. The first kappa shape index (κ1) is 12.9. The maximum atomic E-state index is 12.0. The van der Waals surface area contributed by atoms with Crippen LogP contribution < -0.4 is 9.47 Å². The molecule has 3 heteroatoms. The van der Waals surface area contributed by atoms with Gasteiger partial charge in [-0.2, -0.15) is 0 Å². The van der Waals surface area contributed by atoms with Crippen molar-refractivity contribution in [2.45, 2.75) is 45.6 Å². The van der Waals surface area contributed by atoms with Gasteiger partial charge in [-0.05, 0) is 38.5 Å². The minimum Gasteiger partial charge on any atom is -0.494 e. The van der Waals surface area contributed by atoms with Crippen LogP contribution in [0.2, 0.25) is 0 Å². The van der Waals surface area contributed by atoms with Crippen molar-refractivity contribution < 1.29 is 14.3 Å². The molecule has 0 aliphatic carbocycles. The molecule has 0 atom stereocenters. The van der Waals surface area contributed by atoms with Gasteiger partial charge in [-0.3, -0.25) is 4.79 Å². The minimum atomic E-state index is -0.408. The zero-order chi connectivity index (χ0) is 13.2. The minimum absolute atomic E-state index is 0.127. The number of carbonyl (C=O) groups is 1. The van der Waals surface area contributed by atoms with Gasteiger partial charge in [0.15, 0.2) is 5.78 Å². The van der Waals surface area contributed by atoms with Gasteiger partial charge in [-0.1, -0.05) is 13.3 Å². The summed E-state index contributed by atoms with van der Waals surface area (Å²) < 4.78 is 11.4. The van der Waals surface area contributed by atoms with Gasteiger partial charge in [0.05, 0.1) is 18.6 Å². The number of hydrogen-bond acceptors (Lipinski definition) is 3. The number of fused-ring (bicyclic) bond motifs is 1. The number of ether oxygens (including phenoxy) is 2. The molecule has 1 heterocycles. The lowest BCUT2D eigenvalue weighted by Crippen LogP contribution is -2.35. The fourth-order valence-corrected chi connectivity index (χ4v) is 2.06. The van der Waals surface area contributed by atoms with Crippen LogP contribution in [0.15, 0.2) is 18.2 Å². The number of Topliss-reactive ketones (excluding diaryl/α,β-unsaturated/α-hetero) is 1. The summed E-state index contributed by atoms with van der Waals surface area (Å²) in [7, 11) is 0. The quantitative estimate of drug-likeness (QED) is 0.763. The first-order valence-electron chi connectivity index (χ1n) is 6.51. The molecule has 1 aromatic carbocycles. The van der Waals surface area contributed by atoms with E-state index in [1.54, 1.807) is 6.07 Å². The van der Waals surface area contributed by atoms with Crippen LogP contribution in [-0.2, 0) is 0 Å². The van der Waals surface area contributed by atoms with E-state index in [2.05, 4.69) is 6.92 Å². The molecule has 0 radical (unpaired) electrons. The lowest BCUT2D eigenvalue weighted by atomic mass is 9.93. The Balaban J connectivity index is 2.17. The van der Waals surface area contributed by atoms with Crippen molar-refractivity contribution in [1.82, 2.24) is 0 Å². The first-order valence-corrected chi connectivity index (χ1v) is 6.51. The molecule has 0 N–H and O–H groups in total. The summed E-state index contributed by atoms with van der Waals surface area (Å²) in [5.41, 5.74) is 0.234. The average molecular weight is 248 g/mol. The molecule has 18 heavy (non-hydrogen) atoms. The van der Waals surface area contributed by atoms with Crippen LogP contribution in [0.5, 0.6) is 11.5 Å². The zero-order valence-corrected chi connectivity index (χ0v) is 11.3. The third kappa shape index (κ3) is 2.84. The SMILES string of the molecule is CCCCOc1ccc2c(c1)C(=O)CC(C)(C)O2. The van der Waals surface area contributed by atoms with Gasteiger partial charge in [0.25, 0.3) is 0 Å². The van der Waals surface area contributed by atoms with Crippen LogP contribution in [0.1, 0.15) is 50.4 Å². The maximum absolute atomic E-state index is 12.0. The molecule has 98 valence electrons. The van der Waals surface area contributed by atoms with Crippen molar-refractivity contribution in [3.8, 4) is 11.5 Å². The summed E-state index contributed by atoms with van der Waals surface area (Å²) in [5, 5.41) is 0. The van der Waals surface area contributed by atoms with Crippen molar-refractivity contribution >= 4 is 5.78 Å². The van der Waals surface area contributed by atoms with Gasteiger partial charge in [0.2, 0.25) is 0 Å². The van der Waals surface area contributed by atoms with Gasteiger partial charge in [-0.15, -0.1) is 0 Å². The van der Waals surface area contributed by atoms with E-state index in [0.29, 0.717) is 24.3 Å². The molecule has 0 saturated carbocycles. The lowest BCUT2D eigenvalue weighted by Gasteiger charge is -2.31. The predicted octanol–water partition coefficient (Wildman–Crippen LogP) is 3.61. The van der Waals surface area contributed by atoms with Crippen molar-refractivity contribution in [2.75, 3.05) is 6.61 Å². The predicted molar refractivity (Wildman–Crippen MR) is 70.5 cm³/mol. The Morgan fingerprint density at radius 1 is 1.39 bits per heavy atom. The topological polar surface area (TPSA) is 35.5 Å². The third-order valence-electron chi connectivity index (χ3n) is 2.99. The highest BCUT2D eigenvalue weighted by atomic mass is 16.5. The first-order chi connectivity index (χ1) is 8.52. The molecule has 0 saturated heterocycles. The smallest absolute Gasteiger partial charge is 0.170 e. The van der Waals surface area contributed by atoms with Gasteiger partial charge >= 0.3 is 0 Å². The van der Waals surface area contributed by atoms with Crippen molar-refractivity contribution in [3.63, 3.8) is 0 Å². The lowest BCUT2D eigenvalue weighted by molar-refractivity contribution is 0.0618. The van der Waals surface area contributed by atoms with Crippen molar-refractivity contribution in [1.29, 1.82) is 0 Å². The van der Waals surface area contributed by atoms with Gasteiger partial charge < -0.3 is 9.47 Å². The summed E-state index contributed by atoms with van der Waals surface area (Å²) >= 11 is 0. The number of ketones is 1. The molecule has 0 amide bonds. The summed E-state index contributed by atoms with van der Waals surface area (Å²) in [6, 6.07) is 5.49. The van der Waals surface area contributed by atoms with E-state index < -0.39 is 5.60 Å². The summed E-state index contributed by atoms with van der Waals surface area (Å²) in [4.78, 5) is 12.0. The van der Waals surface area contributed by atoms with E-state index in [0.717, 1.165) is 18.6 Å². The molecule has 1 aliphatic heterocycles. The number of carbonyl (C=O) groups excluding carboxylic acids is 1. The molecule has 3 nitrogen and oxygen atoms in total. The number of benzene rings is 1. The molecule has 1 aliphatic rings.